The van der Waals surface area contributed by atoms with Crippen molar-refractivity contribution in [3.8, 4) is 16.9 Å². The number of fused-ring (bicyclic) bond motifs is 1. The van der Waals surface area contributed by atoms with Crippen molar-refractivity contribution in [2.75, 3.05) is 24.5 Å². The molecule has 5 rings (SSSR count). The number of rotatable bonds is 5. The molecule has 0 spiro atoms. The van der Waals surface area contributed by atoms with Gasteiger partial charge in [-0.3, -0.25) is 4.79 Å². The van der Waals surface area contributed by atoms with E-state index in [0.29, 0.717) is 47.8 Å². The number of amides is 1. The largest absolute Gasteiger partial charge is 0.618 e. The van der Waals surface area contributed by atoms with Crippen LogP contribution in [0.1, 0.15) is 37.9 Å². The zero-order valence-electron chi connectivity index (χ0n) is 23.3. The summed E-state index contributed by atoms with van der Waals surface area (Å²) in [6.07, 6.45) is 2.69. The van der Waals surface area contributed by atoms with Gasteiger partial charge in [0.25, 0.3) is 0 Å². The van der Waals surface area contributed by atoms with Crippen LogP contribution in [0.4, 0.5) is 10.2 Å². The van der Waals surface area contributed by atoms with Crippen LogP contribution in [-0.4, -0.2) is 51.0 Å². The molecule has 4 heterocycles. The highest BCUT2D eigenvalue weighted by Crippen LogP contribution is 2.36. The minimum absolute atomic E-state index is 0.159. The first-order valence-electron chi connectivity index (χ1n) is 13.3. The van der Waals surface area contributed by atoms with Crippen molar-refractivity contribution in [1.29, 1.82) is 0 Å². The summed E-state index contributed by atoms with van der Waals surface area (Å²) >= 11 is 6.74. The molecule has 1 amide bonds. The lowest BCUT2D eigenvalue weighted by atomic mass is 10.0. The normalized spacial score (nSPS) is 15.5. The molecule has 0 bridgehead atoms. The Hall–Kier alpha value is -4.31. The van der Waals surface area contributed by atoms with Gasteiger partial charge in [-0.1, -0.05) is 44.2 Å². The molecule has 0 N–H and O–H groups in total. The maximum Gasteiger partial charge on any atom is 0.356 e. The van der Waals surface area contributed by atoms with Crippen molar-refractivity contribution in [2.45, 2.75) is 39.7 Å². The third-order valence-electron chi connectivity index (χ3n) is 7.40. The Morgan fingerprint density at radius 1 is 1.24 bits per heavy atom. The number of halogens is 2. The summed E-state index contributed by atoms with van der Waals surface area (Å²) in [5, 5.41) is 13.6. The lowest BCUT2D eigenvalue weighted by Gasteiger charge is -2.40. The SMILES string of the molecule is C=CC(=O)N1CCN(c2nc(=O)n(-c3c(C)cc[n+]([O-])c3C(C)C)c3nc(-c4ccccc4F)c(Cl)cc23)[C@@H](C)C1. The van der Waals surface area contributed by atoms with E-state index in [1.807, 2.05) is 25.7 Å². The zero-order chi connectivity index (χ0) is 29.6. The summed E-state index contributed by atoms with van der Waals surface area (Å²) in [6, 6.07) is 9.19. The molecule has 1 aliphatic heterocycles. The number of nitrogens with zero attached hydrogens (tertiary/aromatic N) is 6. The maximum absolute atomic E-state index is 14.9. The van der Waals surface area contributed by atoms with Crippen molar-refractivity contribution in [3.05, 3.63) is 93.0 Å². The van der Waals surface area contributed by atoms with Gasteiger partial charge in [-0.2, -0.15) is 9.71 Å². The second kappa shape index (κ2) is 10.9. The van der Waals surface area contributed by atoms with Crippen molar-refractivity contribution in [2.24, 2.45) is 0 Å². The first kappa shape index (κ1) is 28.2. The fourth-order valence-electron chi connectivity index (χ4n) is 5.43. The molecule has 0 unspecified atom stereocenters. The van der Waals surface area contributed by atoms with E-state index in [0.717, 1.165) is 4.73 Å². The molecule has 3 aromatic heterocycles. The van der Waals surface area contributed by atoms with E-state index in [-0.39, 0.29) is 39.8 Å². The van der Waals surface area contributed by atoms with Gasteiger partial charge in [-0.05, 0) is 43.7 Å². The molecule has 1 fully saturated rings. The molecule has 0 radical (unpaired) electrons. The number of carbonyl (C=O) groups is 1. The minimum Gasteiger partial charge on any atom is -0.618 e. The molecular weight excluding hydrogens is 547 g/mol. The summed E-state index contributed by atoms with van der Waals surface area (Å²) in [5.74, 6) is -0.575. The second-order valence-electron chi connectivity index (χ2n) is 10.5. The molecule has 0 saturated carbocycles. The van der Waals surface area contributed by atoms with Crippen molar-refractivity contribution >= 4 is 34.4 Å². The van der Waals surface area contributed by atoms with Gasteiger partial charge in [-0.25, -0.2) is 18.7 Å². The Bertz CT molecular complexity index is 1760. The number of benzene rings is 1. The fraction of sp³-hybridized carbons (Fsp3) is 0.300. The highest BCUT2D eigenvalue weighted by atomic mass is 35.5. The number of hydrogen-bond acceptors (Lipinski definition) is 6. The van der Waals surface area contributed by atoms with Gasteiger partial charge < -0.3 is 15.0 Å². The Morgan fingerprint density at radius 2 is 1.98 bits per heavy atom. The van der Waals surface area contributed by atoms with E-state index in [1.54, 1.807) is 42.2 Å². The molecule has 1 aromatic carbocycles. The summed E-state index contributed by atoms with van der Waals surface area (Å²) < 4.78 is 17.0. The van der Waals surface area contributed by atoms with Crippen molar-refractivity contribution in [1.82, 2.24) is 19.4 Å². The standard InChI is InChI=1S/C30H30ClFN6O3/c1-6-24(39)35-13-14-36(19(5)16-35)28-21-15-22(31)25(20-9-7-8-10-23(20)32)33-29(21)38(30(40)34-28)27-18(4)11-12-37(41)26(27)17(2)3/h6-12,15,17,19H,1,13-14,16H2,2-5H3/t19-/m0/s1. The maximum atomic E-state index is 14.9. The smallest absolute Gasteiger partial charge is 0.356 e. The van der Waals surface area contributed by atoms with Gasteiger partial charge in [0, 0.05) is 43.2 Å². The topological polar surface area (TPSA) is 98.3 Å². The Morgan fingerprint density at radius 3 is 2.63 bits per heavy atom. The molecule has 1 saturated heterocycles. The zero-order valence-corrected chi connectivity index (χ0v) is 24.0. The number of carbonyl (C=O) groups excluding carboxylic acids is 1. The van der Waals surface area contributed by atoms with Gasteiger partial charge in [0.05, 0.1) is 16.1 Å². The van der Waals surface area contributed by atoms with Crippen LogP contribution in [0.3, 0.4) is 0 Å². The molecule has 0 aliphatic carbocycles. The van der Waals surface area contributed by atoms with Crippen LogP contribution in [0.5, 0.6) is 0 Å². The van der Waals surface area contributed by atoms with Crippen molar-refractivity contribution in [3.63, 3.8) is 0 Å². The molecule has 4 aromatic rings. The summed E-state index contributed by atoms with van der Waals surface area (Å²) in [6.45, 7) is 12.2. The van der Waals surface area contributed by atoms with Crippen LogP contribution < -0.4 is 15.3 Å². The van der Waals surface area contributed by atoms with Gasteiger partial charge >= 0.3 is 5.69 Å². The number of piperazine rings is 1. The Kier molecular flexibility index (Phi) is 7.52. The van der Waals surface area contributed by atoms with Crippen LogP contribution in [0, 0.1) is 17.9 Å². The minimum atomic E-state index is -0.644. The highest BCUT2D eigenvalue weighted by molar-refractivity contribution is 6.33. The third-order valence-corrected chi connectivity index (χ3v) is 7.69. The van der Waals surface area contributed by atoms with Gasteiger partial charge in [0.2, 0.25) is 11.6 Å². The third kappa shape index (κ3) is 4.93. The van der Waals surface area contributed by atoms with Crippen LogP contribution in [0.25, 0.3) is 28.0 Å². The number of pyridine rings is 2. The van der Waals surface area contributed by atoms with Gasteiger partial charge in [0.15, 0.2) is 11.8 Å². The predicted molar refractivity (Wildman–Crippen MR) is 157 cm³/mol. The lowest BCUT2D eigenvalue weighted by Crippen LogP contribution is -2.54. The predicted octanol–water partition coefficient (Wildman–Crippen LogP) is 4.53. The second-order valence-corrected chi connectivity index (χ2v) is 10.9. The quantitative estimate of drug-likeness (QED) is 0.197. The monoisotopic (exact) mass is 576 g/mol. The Labute approximate surface area is 241 Å². The highest BCUT2D eigenvalue weighted by Gasteiger charge is 2.31. The van der Waals surface area contributed by atoms with Gasteiger partial charge in [0.1, 0.15) is 17.3 Å². The average molecular weight is 577 g/mol. The summed E-state index contributed by atoms with van der Waals surface area (Å²) in [7, 11) is 0. The van der Waals surface area contributed by atoms with Gasteiger partial charge in [-0.15, -0.1) is 0 Å². The number of hydrogen-bond donors (Lipinski definition) is 0. The van der Waals surface area contributed by atoms with Crippen LogP contribution in [0.2, 0.25) is 5.02 Å². The molecular formula is C30H30ClFN6O3. The van der Waals surface area contributed by atoms with E-state index in [4.69, 9.17) is 16.6 Å². The average Bonchev–Trinajstić information content (AvgIpc) is 2.94. The molecule has 1 atom stereocenters. The first-order valence-corrected chi connectivity index (χ1v) is 13.7. The molecule has 1 aliphatic rings. The molecule has 41 heavy (non-hydrogen) atoms. The van der Waals surface area contributed by atoms with Crippen LogP contribution in [-0.2, 0) is 4.79 Å². The number of anilines is 1. The number of aromatic nitrogens is 4. The fourth-order valence-corrected chi connectivity index (χ4v) is 5.69. The molecule has 212 valence electrons. The molecule has 11 heteroatoms. The number of aryl methyl sites for hydroxylation is 1. The Balaban J connectivity index is 1.83. The van der Waals surface area contributed by atoms with E-state index >= 15 is 0 Å². The first-order chi connectivity index (χ1) is 19.5. The molecule has 9 nitrogen and oxygen atoms in total. The van der Waals surface area contributed by atoms with E-state index < -0.39 is 11.5 Å². The van der Waals surface area contributed by atoms with Crippen molar-refractivity contribution < 1.29 is 13.9 Å². The lowest BCUT2D eigenvalue weighted by molar-refractivity contribution is -0.615. The summed E-state index contributed by atoms with van der Waals surface area (Å²) in [4.78, 5) is 39.1. The van der Waals surface area contributed by atoms with E-state index in [1.165, 1.54) is 22.9 Å². The van der Waals surface area contributed by atoms with E-state index in [2.05, 4.69) is 11.6 Å². The van der Waals surface area contributed by atoms with Crippen LogP contribution >= 0.6 is 11.6 Å². The summed E-state index contributed by atoms with van der Waals surface area (Å²) in [5.41, 5.74) is 1.30. The van der Waals surface area contributed by atoms with Crippen LogP contribution in [0.15, 0.2) is 60.0 Å². The van der Waals surface area contributed by atoms with E-state index in [9.17, 15) is 19.2 Å².